The lowest BCUT2D eigenvalue weighted by Gasteiger charge is -2.17. The summed E-state index contributed by atoms with van der Waals surface area (Å²) in [4.78, 5) is 23.4. The molecule has 0 aliphatic rings. The van der Waals surface area contributed by atoms with Crippen LogP contribution in [0.1, 0.15) is 40.8 Å². The van der Waals surface area contributed by atoms with Crippen molar-refractivity contribution in [1.29, 1.82) is 0 Å². The second-order valence-electron chi connectivity index (χ2n) is 5.51. The van der Waals surface area contributed by atoms with Crippen molar-refractivity contribution < 1.29 is 19.4 Å². The highest BCUT2D eigenvalue weighted by molar-refractivity contribution is 7.12. The molecule has 0 aliphatic carbocycles. The second kappa shape index (κ2) is 6.82. The third-order valence-electron chi connectivity index (χ3n) is 3.38. The molecule has 0 aliphatic heterocycles. The Morgan fingerprint density at radius 3 is 2.70 bits per heavy atom. The molecule has 1 unspecified atom stereocenters. The lowest BCUT2D eigenvalue weighted by Crippen LogP contribution is -2.20. The Morgan fingerprint density at radius 1 is 1.39 bits per heavy atom. The molecule has 1 amide bonds. The summed E-state index contributed by atoms with van der Waals surface area (Å²) in [6.07, 6.45) is 1.55. The Morgan fingerprint density at radius 2 is 2.09 bits per heavy atom. The van der Waals surface area contributed by atoms with E-state index in [9.17, 15) is 9.59 Å². The summed E-state index contributed by atoms with van der Waals surface area (Å²) in [5, 5.41) is 17.5. The average molecular weight is 337 g/mol. The molecule has 8 heteroatoms. The number of aromatic nitrogens is 2. The maximum atomic E-state index is 12.3. The predicted octanol–water partition coefficient (Wildman–Crippen LogP) is 2.86. The van der Waals surface area contributed by atoms with Crippen LogP contribution in [0.4, 0.5) is 5.69 Å². The quantitative estimate of drug-likeness (QED) is 0.845. The van der Waals surface area contributed by atoms with Crippen LogP contribution in [0.5, 0.6) is 5.88 Å². The van der Waals surface area contributed by atoms with E-state index >= 15 is 0 Å². The van der Waals surface area contributed by atoms with E-state index < -0.39 is 11.9 Å². The summed E-state index contributed by atoms with van der Waals surface area (Å²) in [6, 6.07) is 1.48. The molecule has 0 saturated carbocycles. The van der Waals surface area contributed by atoms with E-state index in [0.29, 0.717) is 11.6 Å². The van der Waals surface area contributed by atoms with E-state index in [1.54, 1.807) is 18.6 Å². The van der Waals surface area contributed by atoms with Gasteiger partial charge in [0.25, 0.3) is 11.8 Å². The van der Waals surface area contributed by atoms with Crippen molar-refractivity contribution >= 4 is 28.9 Å². The zero-order valence-electron chi connectivity index (χ0n) is 13.4. The van der Waals surface area contributed by atoms with Gasteiger partial charge < -0.3 is 15.2 Å². The molecule has 23 heavy (non-hydrogen) atoms. The molecule has 2 rings (SSSR count). The minimum atomic E-state index is -1.12. The maximum absolute atomic E-state index is 12.3. The van der Waals surface area contributed by atoms with Gasteiger partial charge in [-0.1, -0.05) is 13.8 Å². The molecule has 0 bridgehead atoms. The number of carbonyl (C=O) groups is 2. The van der Waals surface area contributed by atoms with Gasteiger partial charge in [-0.25, -0.2) is 4.79 Å². The smallest absolute Gasteiger partial charge is 0.346 e. The van der Waals surface area contributed by atoms with Crippen molar-refractivity contribution in [2.45, 2.75) is 26.9 Å². The third kappa shape index (κ3) is 3.89. The standard InChI is InChI=1S/C15H19N3O4S/c1-8(2)9(3)22-14-11(7-18(4)17-14)16-13(19)10-5-6-23-12(10)15(20)21/h5-9H,1-4H3,(H,16,19)(H,20,21). The van der Waals surface area contributed by atoms with Crippen LogP contribution in [0.15, 0.2) is 17.6 Å². The lowest BCUT2D eigenvalue weighted by atomic mass is 10.1. The van der Waals surface area contributed by atoms with Crippen molar-refractivity contribution in [3.63, 3.8) is 0 Å². The van der Waals surface area contributed by atoms with Gasteiger partial charge in [0, 0.05) is 7.05 Å². The van der Waals surface area contributed by atoms with Gasteiger partial charge in [0.1, 0.15) is 16.7 Å². The predicted molar refractivity (Wildman–Crippen MR) is 87.4 cm³/mol. The molecule has 0 spiro atoms. The van der Waals surface area contributed by atoms with Crippen LogP contribution < -0.4 is 10.1 Å². The number of rotatable bonds is 6. The summed E-state index contributed by atoms with van der Waals surface area (Å²) >= 11 is 1.01. The number of anilines is 1. The van der Waals surface area contributed by atoms with Gasteiger partial charge >= 0.3 is 5.97 Å². The van der Waals surface area contributed by atoms with Gasteiger partial charge in [-0.05, 0) is 24.3 Å². The molecule has 2 N–H and O–H groups in total. The monoisotopic (exact) mass is 337 g/mol. The summed E-state index contributed by atoms with van der Waals surface area (Å²) < 4.78 is 7.29. The fourth-order valence-corrected chi connectivity index (χ4v) is 2.53. The highest BCUT2D eigenvalue weighted by Gasteiger charge is 2.21. The molecule has 7 nitrogen and oxygen atoms in total. The topological polar surface area (TPSA) is 93.5 Å². The van der Waals surface area contributed by atoms with Gasteiger partial charge in [-0.15, -0.1) is 16.4 Å². The van der Waals surface area contributed by atoms with E-state index in [2.05, 4.69) is 10.4 Å². The zero-order valence-corrected chi connectivity index (χ0v) is 14.2. The SMILES string of the molecule is CC(C)C(C)Oc1nn(C)cc1NC(=O)c1ccsc1C(=O)O. The first-order valence-corrected chi connectivity index (χ1v) is 8.00. The fraction of sp³-hybridized carbons (Fsp3) is 0.400. The largest absolute Gasteiger partial charge is 0.477 e. The second-order valence-corrected chi connectivity index (χ2v) is 6.43. The molecular formula is C15H19N3O4S. The number of amides is 1. The van der Waals surface area contributed by atoms with E-state index in [1.807, 2.05) is 20.8 Å². The van der Waals surface area contributed by atoms with E-state index in [-0.39, 0.29) is 22.5 Å². The summed E-state index contributed by atoms with van der Waals surface area (Å²) in [5.74, 6) is -1.02. The first-order valence-electron chi connectivity index (χ1n) is 7.12. The number of carbonyl (C=O) groups excluding carboxylic acids is 1. The molecule has 124 valence electrons. The van der Waals surface area contributed by atoms with Gasteiger partial charge in [0.15, 0.2) is 0 Å². The Kier molecular flexibility index (Phi) is 5.05. The van der Waals surface area contributed by atoms with Gasteiger partial charge in [-0.2, -0.15) is 0 Å². The average Bonchev–Trinajstić information content (AvgIpc) is 3.06. The van der Waals surface area contributed by atoms with Gasteiger partial charge in [-0.3, -0.25) is 9.48 Å². The summed E-state index contributed by atoms with van der Waals surface area (Å²) in [5.41, 5.74) is 0.529. The van der Waals surface area contributed by atoms with Crippen molar-refractivity contribution in [2.75, 3.05) is 5.32 Å². The van der Waals surface area contributed by atoms with E-state index in [4.69, 9.17) is 9.84 Å². The van der Waals surface area contributed by atoms with Gasteiger partial charge in [0.05, 0.1) is 11.8 Å². The Hall–Kier alpha value is -2.35. The number of nitrogens with zero attached hydrogens (tertiary/aromatic N) is 2. The molecule has 0 saturated heterocycles. The fourth-order valence-electron chi connectivity index (χ4n) is 1.80. The Bertz CT molecular complexity index is 720. The van der Waals surface area contributed by atoms with Crippen molar-refractivity contribution in [1.82, 2.24) is 9.78 Å². The molecule has 2 heterocycles. The zero-order chi connectivity index (χ0) is 17.1. The highest BCUT2D eigenvalue weighted by Crippen LogP contribution is 2.26. The van der Waals surface area contributed by atoms with Crippen LogP contribution in [-0.4, -0.2) is 32.9 Å². The van der Waals surface area contributed by atoms with Crippen LogP contribution >= 0.6 is 11.3 Å². The number of ether oxygens (including phenoxy) is 1. The molecule has 0 fully saturated rings. The third-order valence-corrected chi connectivity index (χ3v) is 4.29. The lowest BCUT2D eigenvalue weighted by molar-refractivity contribution is 0.0698. The van der Waals surface area contributed by atoms with E-state index in [0.717, 1.165) is 11.3 Å². The highest BCUT2D eigenvalue weighted by atomic mass is 32.1. The van der Waals surface area contributed by atoms with Crippen LogP contribution in [0, 0.1) is 5.92 Å². The normalized spacial score (nSPS) is 12.2. The molecule has 2 aromatic rings. The number of hydrogen-bond donors (Lipinski definition) is 2. The van der Waals surface area contributed by atoms with Crippen molar-refractivity contribution in [2.24, 2.45) is 13.0 Å². The molecular weight excluding hydrogens is 318 g/mol. The van der Waals surface area contributed by atoms with E-state index in [1.165, 1.54) is 10.7 Å². The molecule has 0 radical (unpaired) electrons. The minimum absolute atomic E-state index is 0.00408. The number of carboxylic acids is 1. The number of aryl methyl sites for hydroxylation is 1. The van der Waals surface area contributed by atoms with Crippen LogP contribution in [0.3, 0.4) is 0 Å². The Labute approximate surface area is 137 Å². The molecule has 2 aromatic heterocycles. The minimum Gasteiger partial charge on any atom is -0.477 e. The molecule has 0 aromatic carbocycles. The summed E-state index contributed by atoms with van der Waals surface area (Å²) in [7, 11) is 1.72. The van der Waals surface area contributed by atoms with Crippen LogP contribution in [0.25, 0.3) is 0 Å². The number of nitrogens with one attached hydrogen (secondary N) is 1. The number of hydrogen-bond acceptors (Lipinski definition) is 5. The summed E-state index contributed by atoms with van der Waals surface area (Å²) in [6.45, 7) is 5.97. The molecule has 1 atom stereocenters. The van der Waals surface area contributed by atoms with Gasteiger partial charge in [0.2, 0.25) is 0 Å². The van der Waals surface area contributed by atoms with Crippen molar-refractivity contribution in [3.8, 4) is 5.88 Å². The maximum Gasteiger partial charge on any atom is 0.346 e. The Balaban J connectivity index is 2.21. The van der Waals surface area contributed by atoms with Crippen LogP contribution in [-0.2, 0) is 7.05 Å². The first-order chi connectivity index (χ1) is 10.8. The number of carboxylic acid groups (broad SMARTS) is 1. The first kappa shape index (κ1) is 17.0. The van der Waals surface area contributed by atoms with Crippen molar-refractivity contribution in [3.05, 3.63) is 28.1 Å². The number of thiophene rings is 1. The number of aromatic carboxylic acids is 1. The van der Waals surface area contributed by atoms with Crippen LogP contribution in [0.2, 0.25) is 0 Å².